The van der Waals surface area contributed by atoms with Gasteiger partial charge in [-0.25, -0.2) is 0 Å². The Balaban J connectivity index is 2.07. The third-order valence-electron chi connectivity index (χ3n) is 4.04. The summed E-state index contributed by atoms with van der Waals surface area (Å²) in [5, 5.41) is 11.9. The molecule has 0 spiro atoms. The van der Waals surface area contributed by atoms with Crippen molar-refractivity contribution in [1.82, 2.24) is 5.32 Å². The molecule has 1 amide bonds. The Morgan fingerprint density at radius 3 is 2.50 bits per heavy atom. The lowest BCUT2D eigenvalue weighted by atomic mass is 9.74. The fraction of sp³-hybridized carbons (Fsp3) is 0.500. The molecule has 0 atom stereocenters. The van der Waals surface area contributed by atoms with E-state index in [1.165, 1.54) is 0 Å². The van der Waals surface area contributed by atoms with Gasteiger partial charge in [0.1, 0.15) is 11.5 Å². The van der Waals surface area contributed by atoms with E-state index in [4.69, 9.17) is 14.6 Å². The predicted octanol–water partition coefficient (Wildman–Crippen LogP) is 1.76. The summed E-state index contributed by atoms with van der Waals surface area (Å²) in [6.45, 7) is 0. The van der Waals surface area contributed by atoms with E-state index in [0.29, 0.717) is 29.9 Å². The van der Waals surface area contributed by atoms with E-state index < -0.39 is 11.5 Å². The van der Waals surface area contributed by atoms with Crippen molar-refractivity contribution in [3.8, 4) is 11.5 Å². The minimum Gasteiger partial charge on any atom is -0.497 e. The first-order chi connectivity index (χ1) is 10.5. The van der Waals surface area contributed by atoms with Crippen LogP contribution in [0.15, 0.2) is 18.2 Å². The number of carbonyl (C=O) groups excluding carboxylic acids is 1. The molecule has 0 radical (unpaired) electrons. The molecule has 120 valence electrons. The molecule has 1 aromatic rings. The number of hydrogen-bond acceptors (Lipinski definition) is 4. The average Bonchev–Trinajstić information content (AvgIpc) is 2.44. The van der Waals surface area contributed by atoms with Crippen LogP contribution < -0.4 is 14.8 Å². The molecule has 1 aliphatic rings. The van der Waals surface area contributed by atoms with E-state index in [1.54, 1.807) is 32.4 Å². The van der Waals surface area contributed by atoms with Crippen LogP contribution >= 0.6 is 0 Å². The maximum atomic E-state index is 12.3. The molecular weight excluding hydrogens is 286 g/mol. The van der Waals surface area contributed by atoms with E-state index in [0.717, 1.165) is 6.42 Å². The molecule has 6 nitrogen and oxygen atoms in total. The molecule has 0 bridgehead atoms. The molecule has 1 saturated carbocycles. The quantitative estimate of drug-likeness (QED) is 0.802. The fourth-order valence-corrected chi connectivity index (χ4v) is 2.77. The van der Waals surface area contributed by atoms with Crippen molar-refractivity contribution in [3.63, 3.8) is 0 Å². The highest BCUT2D eigenvalue weighted by atomic mass is 16.5. The van der Waals surface area contributed by atoms with Crippen molar-refractivity contribution in [1.29, 1.82) is 0 Å². The summed E-state index contributed by atoms with van der Waals surface area (Å²) in [5.74, 6) is 0.163. The van der Waals surface area contributed by atoms with Gasteiger partial charge in [0.2, 0.25) is 5.91 Å². The summed E-state index contributed by atoms with van der Waals surface area (Å²) in [4.78, 5) is 23.2. The first-order valence-electron chi connectivity index (χ1n) is 7.22. The zero-order valence-electron chi connectivity index (χ0n) is 12.8. The molecule has 22 heavy (non-hydrogen) atoms. The molecule has 0 heterocycles. The van der Waals surface area contributed by atoms with Gasteiger partial charge in [0, 0.05) is 5.56 Å². The van der Waals surface area contributed by atoms with Crippen LogP contribution in [-0.2, 0) is 16.0 Å². The Morgan fingerprint density at radius 1 is 1.27 bits per heavy atom. The Kier molecular flexibility index (Phi) is 4.90. The van der Waals surface area contributed by atoms with Crippen LogP contribution in [0.5, 0.6) is 11.5 Å². The number of ether oxygens (including phenoxy) is 2. The molecule has 2 N–H and O–H groups in total. The molecule has 0 saturated heterocycles. The van der Waals surface area contributed by atoms with Crippen LogP contribution in [0, 0.1) is 0 Å². The van der Waals surface area contributed by atoms with E-state index in [-0.39, 0.29) is 18.7 Å². The van der Waals surface area contributed by atoms with Crippen molar-refractivity contribution in [2.24, 2.45) is 0 Å². The summed E-state index contributed by atoms with van der Waals surface area (Å²) < 4.78 is 10.4. The monoisotopic (exact) mass is 307 g/mol. The molecular formula is C16H21NO5. The topological polar surface area (TPSA) is 84.9 Å². The van der Waals surface area contributed by atoms with Gasteiger partial charge in [0.05, 0.1) is 32.6 Å². The lowest BCUT2D eigenvalue weighted by molar-refractivity contribution is -0.140. The van der Waals surface area contributed by atoms with Gasteiger partial charge in [-0.15, -0.1) is 0 Å². The van der Waals surface area contributed by atoms with Crippen molar-refractivity contribution >= 4 is 11.9 Å². The van der Waals surface area contributed by atoms with Crippen molar-refractivity contribution in [3.05, 3.63) is 23.8 Å². The Morgan fingerprint density at radius 2 is 2.00 bits per heavy atom. The van der Waals surface area contributed by atoms with E-state index >= 15 is 0 Å². The van der Waals surface area contributed by atoms with Crippen molar-refractivity contribution in [2.75, 3.05) is 14.2 Å². The van der Waals surface area contributed by atoms with Gasteiger partial charge in [0.25, 0.3) is 0 Å². The van der Waals surface area contributed by atoms with Crippen molar-refractivity contribution < 1.29 is 24.2 Å². The minimum absolute atomic E-state index is 0.0337. The van der Waals surface area contributed by atoms with Gasteiger partial charge in [-0.1, -0.05) is 0 Å². The zero-order chi connectivity index (χ0) is 16.2. The maximum absolute atomic E-state index is 12.3. The van der Waals surface area contributed by atoms with E-state index in [1.807, 2.05) is 0 Å². The Bertz CT molecular complexity index is 566. The standard InChI is InChI=1S/C16H21NO5/c1-21-12-4-5-13(22-2)11(8-12)9-14(18)17-16(6-3-7-16)10-15(19)20/h4-5,8H,3,6-7,9-10H2,1-2H3,(H,17,18)(H,19,20). The third-order valence-corrected chi connectivity index (χ3v) is 4.04. The molecule has 2 rings (SSSR count). The number of benzene rings is 1. The number of carboxylic acid groups (broad SMARTS) is 1. The molecule has 0 unspecified atom stereocenters. The molecule has 0 aromatic heterocycles. The highest BCUT2D eigenvalue weighted by Crippen LogP contribution is 2.35. The normalized spacial score (nSPS) is 15.5. The SMILES string of the molecule is COc1ccc(OC)c(CC(=O)NC2(CC(=O)O)CCC2)c1. The molecule has 1 aliphatic carbocycles. The summed E-state index contributed by atoms with van der Waals surface area (Å²) >= 11 is 0. The van der Waals surface area contributed by atoms with E-state index in [2.05, 4.69) is 5.32 Å². The summed E-state index contributed by atoms with van der Waals surface area (Å²) in [6, 6.07) is 5.26. The molecule has 6 heteroatoms. The third kappa shape index (κ3) is 3.69. The van der Waals surface area contributed by atoms with Crippen LogP contribution in [0.3, 0.4) is 0 Å². The molecule has 0 aliphatic heterocycles. The highest BCUT2D eigenvalue weighted by molar-refractivity contribution is 5.81. The number of hydrogen-bond donors (Lipinski definition) is 2. The van der Waals surface area contributed by atoms with Crippen molar-refractivity contribution in [2.45, 2.75) is 37.6 Å². The average molecular weight is 307 g/mol. The lowest BCUT2D eigenvalue weighted by Crippen LogP contribution is -2.55. The number of carboxylic acids is 1. The largest absolute Gasteiger partial charge is 0.497 e. The Labute approximate surface area is 129 Å². The van der Waals surface area contributed by atoms with E-state index in [9.17, 15) is 9.59 Å². The molecule has 1 fully saturated rings. The van der Waals surface area contributed by atoms with Gasteiger partial charge in [0.15, 0.2) is 0 Å². The van der Waals surface area contributed by atoms with Crippen LogP contribution in [0.4, 0.5) is 0 Å². The Hall–Kier alpha value is -2.24. The highest BCUT2D eigenvalue weighted by Gasteiger charge is 2.40. The number of methoxy groups -OCH3 is 2. The smallest absolute Gasteiger partial charge is 0.305 e. The van der Waals surface area contributed by atoms with Gasteiger partial charge in [-0.05, 0) is 37.5 Å². The second-order valence-electron chi connectivity index (χ2n) is 5.61. The van der Waals surface area contributed by atoms with Crippen LogP contribution in [0.1, 0.15) is 31.2 Å². The zero-order valence-corrected chi connectivity index (χ0v) is 12.8. The summed E-state index contributed by atoms with van der Waals surface area (Å²) in [6.07, 6.45) is 2.45. The number of amides is 1. The van der Waals surface area contributed by atoms with Crippen LogP contribution in [0.2, 0.25) is 0 Å². The van der Waals surface area contributed by atoms with Gasteiger partial charge in [-0.3, -0.25) is 9.59 Å². The predicted molar refractivity (Wildman–Crippen MR) is 80.2 cm³/mol. The summed E-state index contributed by atoms with van der Waals surface area (Å²) in [5.41, 5.74) is 0.124. The second kappa shape index (κ2) is 6.68. The number of carbonyl (C=O) groups is 2. The van der Waals surface area contributed by atoms with Gasteiger partial charge in [-0.2, -0.15) is 0 Å². The number of rotatable bonds is 7. The first kappa shape index (κ1) is 16.1. The maximum Gasteiger partial charge on any atom is 0.305 e. The van der Waals surface area contributed by atoms with Gasteiger partial charge < -0.3 is 19.9 Å². The minimum atomic E-state index is -0.890. The number of aliphatic carboxylic acids is 1. The first-order valence-corrected chi connectivity index (χ1v) is 7.22. The van der Waals surface area contributed by atoms with Gasteiger partial charge >= 0.3 is 5.97 Å². The lowest BCUT2D eigenvalue weighted by Gasteiger charge is -2.41. The second-order valence-corrected chi connectivity index (χ2v) is 5.61. The summed E-state index contributed by atoms with van der Waals surface area (Å²) in [7, 11) is 3.10. The van der Waals surface area contributed by atoms with Crippen LogP contribution in [-0.4, -0.2) is 36.7 Å². The fourth-order valence-electron chi connectivity index (χ4n) is 2.77. The molecule has 1 aromatic carbocycles. The number of nitrogens with one attached hydrogen (secondary N) is 1. The van der Waals surface area contributed by atoms with Crippen LogP contribution in [0.25, 0.3) is 0 Å².